The fourth-order valence-electron chi connectivity index (χ4n) is 3.69. The van der Waals surface area contributed by atoms with E-state index in [1.54, 1.807) is 20.8 Å². The Morgan fingerprint density at radius 1 is 1.15 bits per heavy atom. The predicted octanol–water partition coefficient (Wildman–Crippen LogP) is 5.15. The van der Waals surface area contributed by atoms with Crippen molar-refractivity contribution in [3.8, 4) is 17.2 Å². The molecule has 2 heterocycles. The largest absolute Gasteiger partial charge is 0.464 e. The van der Waals surface area contributed by atoms with Crippen molar-refractivity contribution < 1.29 is 19.4 Å². The Balaban J connectivity index is 2.11. The summed E-state index contributed by atoms with van der Waals surface area (Å²) in [6.07, 6.45) is 0.101. The lowest BCUT2D eigenvalue weighted by molar-refractivity contribution is 0.0580. The second-order valence-corrected chi connectivity index (χ2v) is 8.48. The topological polar surface area (TPSA) is 121 Å². The normalized spacial score (nSPS) is 11.4. The predicted molar refractivity (Wildman–Crippen MR) is 122 cm³/mol. The molecule has 4 rings (SSSR count). The highest BCUT2D eigenvalue weighted by atomic mass is 16.6. The number of anilines is 1. The van der Waals surface area contributed by atoms with Crippen LogP contribution in [0.25, 0.3) is 27.5 Å². The van der Waals surface area contributed by atoms with Crippen LogP contribution in [-0.2, 0) is 4.74 Å². The number of benzene rings is 2. The van der Waals surface area contributed by atoms with Crippen LogP contribution < -0.4 is 4.90 Å². The second-order valence-electron chi connectivity index (χ2n) is 8.48. The molecule has 0 aliphatic carbocycles. The number of nitriles is 1. The Labute approximate surface area is 189 Å². The summed E-state index contributed by atoms with van der Waals surface area (Å²) in [7, 11) is 0. The molecular weight excluding hydrogens is 422 g/mol. The zero-order valence-corrected chi connectivity index (χ0v) is 18.5. The molecule has 4 aromatic rings. The molecule has 0 fully saturated rings. The van der Waals surface area contributed by atoms with Gasteiger partial charge in [-0.15, -0.1) is 0 Å². The number of carbonyl (C=O) groups excluding carboxylic acids is 1. The van der Waals surface area contributed by atoms with E-state index in [4.69, 9.17) is 4.74 Å². The molecule has 9 nitrogen and oxygen atoms in total. The van der Waals surface area contributed by atoms with Crippen LogP contribution in [0.3, 0.4) is 0 Å². The molecule has 0 bridgehead atoms. The average Bonchev–Trinajstić information content (AvgIpc) is 3.16. The summed E-state index contributed by atoms with van der Waals surface area (Å²) in [5.74, 6) is -0.0808. The van der Waals surface area contributed by atoms with Gasteiger partial charge in [0.05, 0.1) is 6.20 Å². The minimum atomic E-state index is -1.55. The summed E-state index contributed by atoms with van der Waals surface area (Å²) in [5.41, 5.74) is 1.24. The second kappa shape index (κ2) is 7.91. The first-order chi connectivity index (χ1) is 15.6. The van der Waals surface area contributed by atoms with E-state index < -0.39 is 17.8 Å². The molecule has 0 aliphatic rings. The van der Waals surface area contributed by atoms with Gasteiger partial charge in [0.25, 0.3) is 0 Å². The Kier molecular flexibility index (Phi) is 5.22. The molecule has 0 unspecified atom stereocenters. The van der Waals surface area contributed by atoms with Crippen LogP contribution in [0, 0.1) is 18.3 Å². The smallest absolute Gasteiger partial charge is 0.425 e. The van der Waals surface area contributed by atoms with Gasteiger partial charge in [0.15, 0.2) is 11.5 Å². The fourth-order valence-corrected chi connectivity index (χ4v) is 3.69. The van der Waals surface area contributed by atoms with Gasteiger partial charge in [-0.2, -0.15) is 19.8 Å². The van der Waals surface area contributed by atoms with Gasteiger partial charge in [-0.25, -0.2) is 14.6 Å². The van der Waals surface area contributed by atoms with Gasteiger partial charge < -0.3 is 9.84 Å². The third-order valence-corrected chi connectivity index (χ3v) is 5.01. The maximum Gasteiger partial charge on any atom is 0.425 e. The summed E-state index contributed by atoms with van der Waals surface area (Å²) in [6.45, 7) is 6.82. The van der Waals surface area contributed by atoms with Crippen molar-refractivity contribution in [1.29, 1.82) is 5.26 Å². The number of hydrogen-bond acceptors (Lipinski definition) is 6. The highest BCUT2D eigenvalue weighted by Crippen LogP contribution is 2.38. The number of aromatic nitrogens is 3. The van der Waals surface area contributed by atoms with E-state index in [-0.39, 0.29) is 17.0 Å². The number of rotatable bonds is 2. The first kappa shape index (κ1) is 21.8. The molecule has 2 aromatic heterocycles. The van der Waals surface area contributed by atoms with Crippen molar-refractivity contribution in [3.05, 3.63) is 59.9 Å². The van der Waals surface area contributed by atoms with Gasteiger partial charge in [0, 0.05) is 11.8 Å². The molecule has 166 valence electrons. The summed E-state index contributed by atoms with van der Waals surface area (Å²) >= 11 is 0. The van der Waals surface area contributed by atoms with Crippen LogP contribution >= 0.6 is 0 Å². The van der Waals surface area contributed by atoms with Crippen molar-refractivity contribution in [1.82, 2.24) is 14.6 Å². The Hall–Kier alpha value is -4.45. The molecule has 0 saturated carbocycles. The van der Waals surface area contributed by atoms with E-state index in [0.29, 0.717) is 16.0 Å². The number of ether oxygens (including phenoxy) is 1. The molecule has 0 atom stereocenters. The van der Waals surface area contributed by atoms with Crippen molar-refractivity contribution in [2.75, 3.05) is 4.90 Å². The van der Waals surface area contributed by atoms with Crippen molar-refractivity contribution in [2.45, 2.75) is 33.3 Å². The number of fused-ring (bicyclic) bond motifs is 2. The van der Waals surface area contributed by atoms with Crippen molar-refractivity contribution in [2.24, 2.45) is 0 Å². The first-order valence-electron chi connectivity index (χ1n) is 10.1. The Bertz CT molecular complexity index is 1460. The van der Waals surface area contributed by atoms with Crippen LogP contribution in [0.5, 0.6) is 0 Å². The van der Waals surface area contributed by atoms with Gasteiger partial charge in [-0.3, -0.25) is 0 Å². The van der Waals surface area contributed by atoms with Crippen LogP contribution in [0.15, 0.2) is 48.8 Å². The van der Waals surface area contributed by atoms with Crippen LogP contribution in [0.1, 0.15) is 31.9 Å². The quantitative estimate of drug-likeness (QED) is 0.455. The van der Waals surface area contributed by atoms with E-state index in [1.165, 1.54) is 16.9 Å². The lowest BCUT2D eigenvalue weighted by Gasteiger charge is -2.26. The molecule has 0 saturated heterocycles. The molecule has 0 spiro atoms. The summed E-state index contributed by atoms with van der Waals surface area (Å²) in [4.78, 5) is 30.3. The van der Waals surface area contributed by atoms with Gasteiger partial charge in [0.2, 0.25) is 0 Å². The third kappa shape index (κ3) is 3.83. The fraction of sp³-hybridized carbons (Fsp3) is 0.208. The minimum absolute atomic E-state index is 0.0808. The molecule has 1 N–H and O–H groups in total. The maximum atomic E-state index is 13.0. The monoisotopic (exact) mass is 443 g/mol. The number of aryl methyl sites for hydroxylation is 1. The average molecular weight is 443 g/mol. The number of imide groups is 1. The lowest BCUT2D eigenvalue weighted by Crippen LogP contribution is -2.41. The number of carbonyl (C=O) groups is 2. The molecule has 2 aromatic carbocycles. The Morgan fingerprint density at radius 3 is 2.55 bits per heavy atom. The van der Waals surface area contributed by atoms with Gasteiger partial charge in [0.1, 0.15) is 17.2 Å². The molecule has 0 radical (unpaired) electrons. The number of nitrogens with zero attached hydrogens (tertiary/aromatic N) is 5. The zero-order valence-electron chi connectivity index (χ0n) is 18.5. The molecule has 2 amide bonds. The zero-order chi connectivity index (χ0) is 23.9. The van der Waals surface area contributed by atoms with Crippen LogP contribution in [0.4, 0.5) is 15.4 Å². The number of hydrogen-bond donors (Lipinski definition) is 1. The highest BCUT2D eigenvalue weighted by Gasteiger charge is 2.34. The van der Waals surface area contributed by atoms with Gasteiger partial charge in [-0.05, 0) is 49.6 Å². The first-order valence-corrected chi connectivity index (χ1v) is 10.1. The van der Waals surface area contributed by atoms with E-state index in [0.717, 1.165) is 16.3 Å². The lowest BCUT2D eigenvalue weighted by atomic mass is 9.95. The molecular formula is C24H21N5O4. The van der Waals surface area contributed by atoms with Gasteiger partial charge >= 0.3 is 12.2 Å². The van der Waals surface area contributed by atoms with Crippen LogP contribution in [-0.4, -0.2) is 37.5 Å². The highest BCUT2D eigenvalue weighted by molar-refractivity contribution is 6.12. The Morgan fingerprint density at radius 2 is 1.88 bits per heavy atom. The van der Waals surface area contributed by atoms with E-state index >= 15 is 0 Å². The van der Waals surface area contributed by atoms with Crippen LogP contribution in [0.2, 0.25) is 0 Å². The summed E-state index contributed by atoms with van der Waals surface area (Å²) in [5, 5.41) is 25.5. The minimum Gasteiger partial charge on any atom is -0.464 e. The van der Waals surface area contributed by atoms with E-state index in [9.17, 15) is 20.0 Å². The maximum absolute atomic E-state index is 13.0. The third-order valence-electron chi connectivity index (χ3n) is 5.01. The van der Waals surface area contributed by atoms with E-state index in [2.05, 4.69) is 10.1 Å². The number of carboxylic acid groups (broad SMARTS) is 1. The SMILES string of the molecule is Cc1ccc2ccccc2c1-c1cnc2c(C#N)cnn2c1N(C(=O)O)C(=O)OC(C)(C)C. The summed E-state index contributed by atoms with van der Waals surface area (Å²) < 4.78 is 6.57. The van der Waals surface area contributed by atoms with E-state index in [1.807, 2.05) is 49.4 Å². The number of amides is 2. The standard InChI is InChI=1S/C24H21N5O4/c1-14-9-10-15-7-5-6-8-17(15)19(14)18-13-26-20-16(11-25)12-27-29(20)21(18)28(22(30)31)23(32)33-24(2,3)4/h5-10,12-13H,1-4H3,(H,30,31). The molecule has 0 aliphatic heterocycles. The molecule has 9 heteroatoms. The molecule has 33 heavy (non-hydrogen) atoms. The van der Waals surface area contributed by atoms with Crippen molar-refractivity contribution >= 4 is 34.4 Å². The summed E-state index contributed by atoms with van der Waals surface area (Å²) in [6, 6.07) is 13.5. The van der Waals surface area contributed by atoms with Gasteiger partial charge in [-0.1, -0.05) is 36.4 Å². The van der Waals surface area contributed by atoms with Crippen molar-refractivity contribution in [3.63, 3.8) is 0 Å².